The first kappa shape index (κ1) is 29.0. The van der Waals surface area contributed by atoms with Crippen LogP contribution in [-0.2, 0) is 13.1 Å². The summed E-state index contributed by atoms with van der Waals surface area (Å²) in [5.74, 6) is 0.387. The first-order chi connectivity index (χ1) is 20.7. The summed E-state index contributed by atoms with van der Waals surface area (Å²) in [4.78, 5) is 28.2. The molecule has 0 aliphatic carbocycles. The summed E-state index contributed by atoms with van der Waals surface area (Å²) in [6, 6.07) is 24.9. The van der Waals surface area contributed by atoms with Gasteiger partial charge in [0.1, 0.15) is 0 Å². The number of anilines is 3. The van der Waals surface area contributed by atoms with Crippen molar-refractivity contribution in [3.8, 4) is 0 Å². The van der Waals surface area contributed by atoms with E-state index < -0.39 is 0 Å². The van der Waals surface area contributed by atoms with Gasteiger partial charge in [-0.2, -0.15) is 0 Å². The van der Waals surface area contributed by atoms with Crippen LogP contribution < -0.4 is 26.4 Å². The third kappa shape index (κ3) is 6.31. The molecule has 3 aromatic carbocycles. The van der Waals surface area contributed by atoms with Gasteiger partial charge < -0.3 is 25.4 Å². The Morgan fingerprint density at radius 1 is 0.930 bits per heavy atom. The van der Waals surface area contributed by atoms with Gasteiger partial charge in [-0.25, -0.2) is 0 Å². The maximum Gasteiger partial charge on any atom is 0.251 e. The molecule has 3 N–H and O–H groups in total. The van der Waals surface area contributed by atoms with Gasteiger partial charge in [0.15, 0.2) is 5.11 Å². The minimum absolute atomic E-state index is 0.0675. The van der Waals surface area contributed by atoms with Gasteiger partial charge >= 0.3 is 0 Å². The van der Waals surface area contributed by atoms with E-state index in [1.807, 2.05) is 59.2 Å². The van der Waals surface area contributed by atoms with Crippen LogP contribution in [0.3, 0.4) is 0 Å². The molecule has 43 heavy (non-hydrogen) atoms. The summed E-state index contributed by atoms with van der Waals surface area (Å²) in [6.45, 7) is 6.75. The van der Waals surface area contributed by atoms with E-state index in [2.05, 4.69) is 52.9 Å². The maximum absolute atomic E-state index is 13.3. The molecule has 7 nitrogen and oxygen atoms in total. The number of benzene rings is 3. The van der Waals surface area contributed by atoms with Crippen molar-refractivity contribution in [2.75, 3.05) is 28.6 Å². The highest BCUT2D eigenvalue weighted by atomic mass is 35.5. The van der Waals surface area contributed by atoms with Crippen LogP contribution in [0.5, 0.6) is 0 Å². The van der Waals surface area contributed by atoms with E-state index >= 15 is 0 Å². The Balaban J connectivity index is 1.27. The average Bonchev–Trinajstić information content (AvgIpc) is 2.99. The smallest absolute Gasteiger partial charge is 0.251 e. The number of aryl methyl sites for hydroxylation is 2. The lowest BCUT2D eigenvalue weighted by atomic mass is 9.83. The van der Waals surface area contributed by atoms with E-state index in [0.29, 0.717) is 34.7 Å². The third-order valence-corrected chi connectivity index (χ3v) is 9.06. The number of aromatic nitrogens is 1. The number of fused-ring (bicyclic) bond motifs is 4. The second kappa shape index (κ2) is 12.2. The molecule has 2 bridgehead atoms. The molecule has 2 atom stereocenters. The fraction of sp³-hybridized carbons (Fsp3) is 0.265. The van der Waals surface area contributed by atoms with Gasteiger partial charge in [-0.1, -0.05) is 41.9 Å². The molecule has 1 amide bonds. The van der Waals surface area contributed by atoms with Crippen molar-refractivity contribution in [2.45, 2.75) is 39.3 Å². The van der Waals surface area contributed by atoms with Crippen LogP contribution in [0.15, 0.2) is 83.7 Å². The second-order valence-electron chi connectivity index (χ2n) is 11.5. The molecule has 0 radical (unpaired) electrons. The van der Waals surface area contributed by atoms with Crippen LogP contribution in [0.2, 0.25) is 5.02 Å². The molecular weight excluding hydrogens is 578 g/mol. The Hall–Kier alpha value is -4.14. The zero-order valence-electron chi connectivity index (χ0n) is 24.2. The standard InChI is InChI=1S/C34H34ClN5O2S/c1-21-10-12-27(14-22(21)2)37-34(43)38-29-16-24(33(42)36-17-25-6-3-4-7-28(25)35)11-13-31(29)39-18-23-15-26(20-39)30-8-5-9-32(41)40(30)19-23/h3-14,16,23,26H,15,17-20H2,1-2H3,(H,36,42)(H2,37,38,43)/t23-,26+/m1/s1. The first-order valence-corrected chi connectivity index (χ1v) is 15.3. The number of thiocarbonyl (C=S) groups is 1. The number of rotatable bonds is 6. The molecule has 0 saturated carbocycles. The predicted molar refractivity (Wildman–Crippen MR) is 179 cm³/mol. The van der Waals surface area contributed by atoms with Gasteiger partial charge in [-0.15, -0.1) is 0 Å². The molecule has 2 aliphatic heterocycles. The molecule has 3 heterocycles. The number of pyridine rings is 1. The largest absolute Gasteiger partial charge is 0.369 e. The lowest BCUT2D eigenvalue weighted by Gasteiger charge is -2.44. The van der Waals surface area contributed by atoms with Gasteiger partial charge in [0, 0.05) is 60.1 Å². The normalized spacial score (nSPS) is 17.1. The zero-order chi connectivity index (χ0) is 30.1. The van der Waals surface area contributed by atoms with E-state index in [1.54, 1.807) is 6.07 Å². The number of hydrogen-bond donors (Lipinski definition) is 3. The Kier molecular flexibility index (Phi) is 8.23. The van der Waals surface area contributed by atoms with Crippen LogP contribution in [0.4, 0.5) is 17.1 Å². The fourth-order valence-electron chi connectivity index (χ4n) is 6.17. The number of carbonyl (C=O) groups excluding carboxylic acids is 1. The van der Waals surface area contributed by atoms with E-state index in [-0.39, 0.29) is 17.4 Å². The second-order valence-corrected chi connectivity index (χ2v) is 12.3. The minimum atomic E-state index is -0.202. The van der Waals surface area contributed by atoms with E-state index in [4.69, 9.17) is 23.8 Å². The number of halogens is 1. The van der Waals surface area contributed by atoms with Crippen molar-refractivity contribution in [1.82, 2.24) is 9.88 Å². The van der Waals surface area contributed by atoms with Gasteiger partial charge in [0.25, 0.3) is 11.5 Å². The lowest BCUT2D eigenvalue weighted by molar-refractivity contribution is 0.0951. The summed E-state index contributed by atoms with van der Waals surface area (Å²) in [5.41, 5.74) is 7.51. The summed E-state index contributed by atoms with van der Waals surface area (Å²) < 4.78 is 1.93. The Morgan fingerprint density at radius 2 is 1.77 bits per heavy atom. The van der Waals surface area contributed by atoms with Crippen molar-refractivity contribution in [3.05, 3.63) is 122 Å². The van der Waals surface area contributed by atoms with Crippen LogP contribution in [0.25, 0.3) is 0 Å². The molecule has 0 unspecified atom stereocenters. The minimum Gasteiger partial charge on any atom is -0.369 e. The van der Waals surface area contributed by atoms with Crippen molar-refractivity contribution < 1.29 is 4.79 Å². The number of nitrogens with one attached hydrogen (secondary N) is 3. The zero-order valence-corrected chi connectivity index (χ0v) is 25.8. The average molecular weight is 612 g/mol. The van der Waals surface area contributed by atoms with Crippen molar-refractivity contribution in [2.24, 2.45) is 5.92 Å². The van der Waals surface area contributed by atoms with E-state index in [0.717, 1.165) is 47.8 Å². The Bertz CT molecular complexity index is 1770. The molecule has 1 fully saturated rings. The number of amides is 1. The summed E-state index contributed by atoms with van der Waals surface area (Å²) in [5, 5.41) is 10.7. The quantitative estimate of drug-likeness (QED) is 0.217. The molecule has 2 aliphatic rings. The topological polar surface area (TPSA) is 78.4 Å². The molecule has 0 spiro atoms. The Labute approximate surface area is 261 Å². The Morgan fingerprint density at radius 3 is 2.58 bits per heavy atom. The van der Waals surface area contributed by atoms with Crippen LogP contribution in [0, 0.1) is 19.8 Å². The molecule has 220 valence electrons. The predicted octanol–water partition coefficient (Wildman–Crippen LogP) is 6.48. The van der Waals surface area contributed by atoms with Crippen molar-refractivity contribution in [1.29, 1.82) is 0 Å². The number of nitrogens with zero attached hydrogens (tertiary/aromatic N) is 2. The SMILES string of the molecule is Cc1ccc(NC(=S)Nc2cc(C(=O)NCc3ccccc3Cl)ccc2N2C[C@H]3C[C@@H](C2)c2cccc(=O)n2C3)cc1C. The molecular formula is C34H34ClN5O2S. The third-order valence-electron chi connectivity index (χ3n) is 8.49. The summed E-state index contributed by atoms with van der Waals surface area (Å²) in [7, 11) is 0. The maximum atomic E-state index is 13.3. The summed E-state index contributed by atoms with van der Waals surface area (Å²) >= 11 is 12.0. The van der Waals surface area contributed by atoms with Crippen molar-refractivity contribution >= 4 is 51.9 Å². The van der Waals surface area contributed by atoms with E-state index in [1.165, 1.54) is 11.1 Å². The highest BCUT2D eigenvalue weighted by Gasteiger charge is 2.35. The molecule has 1 saturated heterocycles. The number of hydrogen-bond acceptors (Lipinski definition) is 4. The number of piperidine rings is 1. The number of carbonyl (C=O) groups is 1. The molecule has 4 aromatic rings. The fourth-order valence-corrected chi connectivity index (χ4v) is 6.60. The van der Waals surface area contributed by atoms with Crippen LogP contribution in [0.1, 0.15) is 45.1 Å². The van der Waals surface area contributed by atoms with Crippen molar-refractivity contribution in [3.63, 3.8) is 0 Å². The first-order valence-electron chi connectivity index (χ1n) is 14.5. The van der Waals surface area contributed by atoms with Gasteiger partial charge in [0.05, 0.1) is 11.4 Å². The van der Waals surface area contributed by atoms with Gasteiger partial charge in [-0.3, -0.25) is 9.59 Å². The highest BCUT2D eigenvalue weighted by Crippen LogP contribution is 2.39. The molecule has 9 heteroatoms. The molecule has 1 aromatic heterocycles. The highest BCUT2D eigenvalue weighted by molar-refractivity contribution is 7.80. The molecule has 6 rings (SSSR count). The van der Waals surface area contributed by atoms with E-state index in [9.17, 15) is 9.59 Å². The van der Waals surface area contributed by atoms with Crippen LogP contribution in [-0.4, -0.2) is 28.7 Å². The van der Waals surface area contributed by atoms with Crippen LogP contribution >= 0.6 is 23.8 Å². The lowest BCUT2D eigenvalue weighted by Crippen LogP contribution is -2.47. The summed E-state index contributed by atoms with van der Waals surface area (Å²) in [6.07, 6.45) is 1.05. The van der Waals surface area contributed by atoms with Gasteiger partial charge in [0.2, 0.25) is 0 Å². The van der Waals surface area contributed by atoms with Gasteiger partial charge in [-0.05, 0) is 97.6 Å². The monoisotopic (exact) mass is 611 g/mol.